The molecule has 1 aromatic carbocycles. The second-order valence-electron chi connectivity index (χ2n) is 5.13. The first-order valence-corrected chi connectivity index (χ1v) is 6.76. The molecule has 110 valence electrons. The molecular formula is C15H15FN2O3. The minimum Gasteiger partial charge on any atom is -0.481 e. The summed E-state index contributed by atoms with van der Waals surface area (Å²) in [4.78, 5) is 23.4. The molecule has 0 radical (unpaired) electrons. The monoisotopic (exact) mass is 290 g/mol. The zero-order valence-electron chi connectivity index (χ0n) is 11.3. The number of anilines is 1. The average molecular weight is 290 g/mol. The van der Waals surface area contributed by atoms with Gasteiger partial charge in [-0.05, 0) is 31.0 Å². The highest BCUT2D eigenvalue weighted by molar-refractivity contribution is 5.95. The maximum absolute atomic E-state index is 13.7. The molecule has 0 aliphatic heterocycles. The van der Waals surface area contributed by atoms with Crippen molar-refractivity contribution in [2.75, 3.05) is 5.32 Å². The predicted octanol–water partition coefficient (Wildman–Crippen LogP) is 2.53. The zero-order chi connectivity index (χ0) is 15.4. The lowest BCUT2D eigenvalue weighted by molar-refractivity contribution is -0.147. The summed E-state index contributed by atoms with van der Waals surface area (Å²) in [6.45, 7) is 0. The minimum atomic E-state index is -0.991. The lowest BCUT2D eigenvalue weighted by atomic mass is 9.78. The number of hydrogen-bond donors (Lipinski definition) is 2. The molecule has 1 saturated carbocycles. The van der Waals surface area contributed by atoms with Gasteiger partial charge in [0.25, 0.3) is 0 Å². The Bertz CT molecular complexity index is 609. The highest BCUT2D eigenvalue weighted by Gasteiger charge is 2.35. The molecule has 1 aliphatic rings. The molecule has 5 nitrogen and oxygen atoms in total. The molecule has 0 bridgehead atoms. The second kappa shape index (κ2) is 6.35. The van der Waals surface area contributed by atoms with Gasteiger partial charge in [0.2, 0.25) is 5.91 Å². The maximum Gasteiger partial charge on any atom is 0.307 e. The van der Waals surface area contributed by atoms with Crippen LogP contribution < -0.4 is 5.32 Å². The van der Waals surface area contributed by atoms with Crippen molar-refractivity contribution in [1.29, 1.82) is 5.26 Å². The van der Waals surface area contributed by atoms with E-state index in [0.717, 1.165) is 18.9 Å². The first kappa shape index (κ1) is 15.0. The number of aliphatic carboxylic acids is 1. The molecule has 21 heavy (non-hydrogen) atoms. The molecule has 2 atom stereocenters. The van der Waals surface area contributed by atoms with Crippen LogP contribution in [0.1, 0.15) is 31.2 Å². The van der Waals surface area contributed by atoms with Gasteiger partial charge in [-0.2, -0.15) is 5.26 Å². The summed E-state index contributed by atoms with van der Waals surface area (Å²) in [7, 11) is 0. The molecule has 1 aliphatic carbocycles. The molecule has 0 saturated heterocycles. The number of carboxylic acids is 1. The van der Waals surface area contributed by atoms with Crippen LogP contribution >= 0.6 is 0 Å². The third-order valence-electron chi connectivity index (χ3n) is 3.78. The van der Waals surface area contributed by atoms with E-state index in [2.05, 4.69) is 5.32 Å². The summed E-state index contributed by atoms with van der Waals surface area (Å²) in [5.41, 5.74) is 0.125. The molecule has 1 amide bonds. The van der Waals surface area contributed by atoms with Gasteiger partial charge >= 0.3 is 5.97 Å². The van der Waals surface area contributed by atoms with Crippen LogP contribution in [0.25, 0.3) is 0 Å². The van der Waals surface area contributed by atoms with E-state index >= 15 is 0 Å². The van der Waals surface area contributed by atoms with Crippen molar-refractivity contribution in [3.63, 3.8) is 0 Å². The molecular weight excluding hydrogens is 275 g/mol. The number of benzene rings is 1. The van der Waals surface area contributed by atoms with Gasteiger partial charge in [0, 0.05) is 0 Å². The van der Waals surface area contributed by atoms with Gasteiger partial charge in [-0.3, -0.25) is 9.59 Å². The predicted molar refractivity (Wildman–Crippen MR) is 72.8 cm³/mol. The topological polar surface area (TPSA) is 90.2 Å². The Morgan fingerprint density at radius 2 is 1.95 bits per heavy atom. The Kier molecular flexibility index (Phi) is 4.53. The molecule has 0 aromatic heterocycles. The van der Waals surface area contributed by atoms with Crippen LogP contribution in [0.5, 0.6) is 0 Å². The summed E-state index contributed by atoms with van der Waals surface area (Å²) >= 11 is 0. The van der Waals surface area contributed by atoms with Gasteiger partial charge < -0.3 is 10.4 Å². The van der Waals surface area contributed by atoms with E-state index in [1.165, 1.54) is 12.1 Å². The summed E-state index contributed by atoms with van der Waals surface area (Å²) in [5, 5.41) is 20.3. The lowest BCUT2D eigenvalue weighted by Crippen LogP contribution is -2.36. The van der Waals surface area contributed by atoms with Crippen molar-refractivity contribution in [3.8, 4) is 6.07 Å². The Morgan fingerprint density at radius 1 is 1.29 bits per heavy atom. The fraction of sp³-hybridized carbons (Fsp3) is 0.400. The highest BCUT2D eigenvalue weighted by atomic mass is 19.1. The molecule has 1 fully saturated rings. The second-order valence-corrected chi connectivity index (χ2v) is 5.13. The number of carbonyl (C=O) groups is 2. The van der Waals surface area contributed by atoms with Gasteiger partial charge in [-0.25, -0.2) is 4.39 Å². The van der Waals surface area contributed by atoms with Gasteiger partial charge in [-0.15, -0.1) is 0 Å². The minimum absolute atomic E-state index is 0.0336. The Morgan fingerprint density at radius 3 is 2.52 bits per heavy atom. The highest BCUT2D eigenvalue weighted by Crippen LogP contribution is 2.31. The summed E-state index contributed by atoms with van der Waals surface area (Å²) in [6, 6.07) is 5.54. The lowest BCUT2D eigenvalue weighted by Gasteiger charge is -2.27. The van der Waals surface area contributed by atoms with Crippen LogP contribution in [0.3, 0.4) is 0 Å². The number of halogens is 1. The third kappa shape index (κ3) is 3.37. The van der Waals surface area contributed by atoms with Gasteiger partial charge in [-0.1, -0.05) is 12.8 Å². The number of hydrogen-bond acceptors (Lipinski definition) is 3. The van der Waals surface area contributed by atoms with E-state index in [1.54, 1.807) is 6.07 Å². The van der Waals surface area contributed by atoms with Crippen molar-refractivity contribution >= 4 is 17.6 Å². The van der Waals surface area contributed by atoms with Crippen LogP contribution in [0.15, 0.2) is 18.2 Å². The fourth-order valence-corrected chi connectivity index (χ4v) is 2.65. The Balaban J connectivity index is 2.13. The van der Waals surface area contributed by atoms with Crippen LogP contribution in [-0.2, 0) is 9.59 Å². The standard InChI is InChI=1S/C15H15FN2O3/c16-12-7-9(8-17)5-6-13(12)18-14(19)10-3-1-2-4-11(10)15(20)21/h5-7,10-11H,1-4H2,(H,18,19)(H,20,21)/t10-,11+/m1/s1. The average Bonchev–Trinajstić information content (AvgIpc) is 2.49. The quantitative estimate of drug-likeness (QED) is 0.895. The maximum atomic E-state index is 13.7. The Labute approximate surface area is 121 Å². The molecule has 0 unspecified atom stereocenters. The van der Waals surface area contributed by atoms with E-state index in [-0.39, 0.29) is 11.3 Å². The van der Waals surface area contributed by atoms with Crippen molar-refractivity contribution in [3.05, 3.63) is 29.6 Å². The fourth-order valence-electron chi connectivity index (χ4n) is 2.65. The van der Waals surface area contributed by atoms with Crippen molar-refractivity contribution in [2.24, 2.45) is 11.8 Å². The molecule has 1 aromatic rings. The zero-order valence-corrected chi connectivity index (χ0v) is 11.3. The van der Waals surface area contributed by atoms with Crippen LogP contribution in [0.2, 0.25) is 0 Å². The van der Waals surface area contributed by atoms with E-state index in [0.29, 0.717) is 12.8 Å². The van der Waals surface area contributed by atoms with E-state index in [4.69, 9.17) is 10.4 Å². The van der Waals surface area contributed by atoms with Gasteiger partial charge in [0.1, 0.15) is 5.82 Å². The largest absolute Gasteiger partial charge is 0.481 e. The summed E-state index contributed by atoms with van der Waals surface area (Å²) in [5.74, 6) is -3.54. The number of nitrogens with zero attached hydrogens (tertiary/aromatic N) is 1. The van der Waals surface area contributed by atoms with Crippen LogP contribution in [0, 0.1) is 29.0 Å². The van der Waals surface area contributed by atoms with Crippen molar-refractivity contribution < 1.29 is 19.1 Å². The smallest absolute Gasteiger partial charge is 0.307 e. The summed E-state index contributed by atoms with van der Waals surface area (Å²) < 4.78 is 13.7. The first-order chi connectivity index (χ1) is 10.0. The summed E-state index contributed by atoms with van der Waals surface area (Å²) in [6.07, 6.45) is 2.52. The van der Waals surface area contributed by atoms with Crippen LogP contribution in [0.4, 0.5) is 10.1 Å². The van der Waals surface area contributed by atoms with Crippen LogP contribution in [-0.4, -0.2) is 17.0 Å². The first-order valence-electron chi connectivity index (χ1n) is 6.76. The molecule has 0 spiro atoms. The Hall–Kier alpha value is -2.42. The molecule has 2 rings (SSSR count). The van der Waals surface area contributed by atoms with Gasteiger partial charge in [0.15, 0.2) is 0 Å². The van der Waals surface area contributed by atoms with Crippen molar-refractivity contribution in [2.45, 2.75) is 25.7 Å². The third-order valence-corrected chi connectivity index (χ3v) is 3.78. The van der Waals surface area contributed by atoms with E-state index in [1.807, 2.05) is 0 Å². The van der Waals surface area contributed by atoms with E-state index in [9.17, 15) is 14.0 Å². The molecule has 2 N–H and O–H groups in total. The van der Waals surface area contributed by atoms with Crippen molar-refractivity contribution in [1.82, 2.24) is 0 Å². The number of nitriles is 1. The number of carboxylic acid groups (broad SMARTS) is 1. The molecule has 6 heteroatoms. The molecule has 0 heterocycles. The van der Waals surface area contributed by atoms with E-state index < -0.39 is 29.5 Å². The number of nitrogens with one attached hydrogen (secondary N) is 1. The number of amides is 1. The number of carbonyl (C=O) groups excluding carboxylic acids is 1. The number of rotatable bonds is 3. The normalized spacial score (nSPS) is 21.3. The van der Waals surface area contributed by atoms with Gasteiger partial charge in [0.05, 0.1) is 29.2 Å². The SMILES string of the molecule is N#Cc1ccc(NC(=O)[C@@H]2CCCC[C@@H]2C(=O)O)c(F)c1.